The molecular weight excluding hydrogens is 337 g/mol. The number of aliphatic hydroxyl groups is 1. The van der Waals surface area contributed by atoms with E-state index in [1.165, 1.54) is 12.3 Å². The molecule has 1 aromatic heterocycles. The number of amides is 1. The maximum atomic E-state index is 12.8. The number of carbonyl (C=O) groups is 1. The van der Waals surface area contributed by atoms with Crippen molar-refractivity contribution in [3.05, 3.63) is 18.3 Å². The van der Waals surface area contributed by atoms with Crippen molar-refractivity contribution in [2.24, 2.45) is 5.41 Å². The third kappa shape index (κ3) is 3.58. The second kappa shape index (κ2) is 6.48. The fraction of sp³-hybridized carbons (Fsp3) is 0.647. The zero-order valence-electron chi connectivity index (χ0n) is 13.9. The Hall–Kier alpha value is -1.83. The van der Waals surface area contributed by atoms with Gasteiger partial charge in [-0.1, -0.05) is 0 Å². The van der Waals surface area contributed by atoms with Gasteiger partial charge in [-0.3, -0.25) is 4.79 Å². The summed E-state index contributed by atoms with van der Waals surface area (Å²) in [6.07, 6.45) is -2.06. The lowest BCUT2D eigenvalue weighted by Crippen LogP contribution is -2.38. The van der Waals surface area contributed by atoms with Crippen LogP contribution in [0, 0.1) is 5.41 Å². The molecule has 1 atom stereocenters. The van der Waals surface area contributed by atoms with Crippen molar-refractivity contribution in [1.82, 2.24) is 4.98 Å². The van der Waals surface area contributed by atoms with Crippen molar-refractivity contribution < 1.29 is 27.8 Å². The first-order valence-corrected chi connectivity index (χ1v) is 8.41. The molecule has 1 aliphatic carbocycles. The summed E-state index contributed by atoms with van der Waals surface area (Å²) in [5.74, 6) is -0.116. The number of halogens is 3. The molecule has 0 bridgehead atoms. The minimum atomic E-state index is -4.46. The van der Waals surface area contributed by atoms with Gasteiger partial charge in [0.25, 0.3) is 0 Å². The van der Waals surface area contributed by atoms with E-state index in [1.54, 1.807) is 11.0 Å². The number of anilines is 1. The number of alkyl halides is 3. The van der Waals surface area contributed by atoms with Crippen LogP contribution in [0.5, 0.6) is 5.88 Å². The van der Waals surface area contributed by atoms with E-state index in [-0.39, 0.29) is 17.9 Å². The smallest absolute Gasteiger partial charge is 0.425 e. The second-order valence-corrected chi connectivity index (χ2v) is 6.87. The Bertz CT molecular complexity index is 625. The van der Waals surface area contributed by atoms with Crippen LogP contribution in [-0.2, 0) is 4.79 Å². The molecule has 2 heterocycles. The van der Waals surface area contributed by atoms with Crippen LogP contribution in [0.1, 0.15) is 39.0 Å². The van der Waals surface area contributed by atoms with E-state index in [9.17, 15) is 23.1 Å². The van der Waals surface area contributed by atoms with Crippen LogP contribution in [0.15, 0.2) is 18.3 Å². The van der Waals surface area contributed by atoms with Gasteiger partial charge in [0.05, 0.1) is 23.4 Å². The van der Waals surface area contributed by atoms with Gasteiger partial charge in [-0.15, -0.1) is 0 Å². The van der Waals surface area contributed by atoms with Crippen molar-refractivity contribution in [2.75, 3.05) is 11.4 Å². The molecule has 1 saturated heterocycles. The Morgan fingerprint density at radius 1 is 1.32 bits per heavy atom. The van der Waals surface area contributed by atoms with Crippen molar-refractivity contribution in [2.45, 2.75) is 57.4 Å². The Morgan fingerprint density at radius 3 is 2.56 bits per heavy atom. The number of pyridine rings is 1. The molecule has 1 aliphatic heterocycles. The first kappa shape index (κ1) is 18.0. The van der Waals surface area contributed by atoms with Gasteiger partial charge in [0, 0.05) is 12.6 Å². The molecule has 5 nitrogen and oxygen atoms in total. The molecule has 0 aromatic carbocycles. The van der Waals surface area contributed by atoms with Crippen LogP contribution >= 0.6 is 0 Å². The van der Waals surface area contributed by atoms with E-state index in [0.717, 1.165) is 13.3 Å². The van der Waals surface area contributed by atoms with Gasteiger partial charge in [0.1, 0.15) is 0 Å². The minimum absolute atomic E-state index is 0.0125. The first-order chi connectivity index (χ1) is 11.7. The number of rotatable bonds is 3. The molecule has 1 N–H and O–H groups in total. The van der Waals surface area contributed by atoms with Gasteiger partial charge in [-0.25, -0.2) is 4.98 Å². The Morgan fingerprint density at radius 2 is 2.00 bits per heavy atom. The summed E-state index contributed by atoms with van der Waals surface area (Å²) in [6, 6.07) is 2.90. The van der Waals surface area contributed by atoms with Gasteiger partial charge in [0.2, 0.25) is 11.8 Å². The van der Waals surface area contributed by atoms with Gasteiger partial charge in [0.15, 0.2) is 6.10 Å². The average molecular weight is 358 g/mol. The largest absolute Gasteiger partial charge is 0.465 e. The number of ether oxygens (including phenoxy) is 1. The summed E-state index contributed by atoms with van der Waals surface area (Å²) in [7, 11) is 0. The third-order valence-electron chi connectivity index (χ3n) is 5.22. The highest BCUT2D eigenvalue weighted by Gasteiger charge is 2.48. The molecular formula is C17H21F3N2O3. The van der Waals surface area contributed by atoms with Gasteiger partial charge < -0.3 is 14.7 Å². The maximum absolute atomic E-state index is 12.8. The molecule has 2 fully saturated rings. The summed E-state index contributed by atoms with van der Waals surface area (Å²) in [5, 5.41) is 9.65. The summed E-state index contributed by atoms with van der Waals surface area (Å²) >= 11 is 0. The topological polar surface area (TPSA) is 62.7 Å². The van der Waals surface area contributed by atoms with Crippen LogP contribution in [0.25, 0.3) is 0 Å². The number of carbonyl (C=O) groups excluding carboxylic acids is 1. The number of aromatic nitrogens is 1. The normalized spacial score (nSPS) is 28.4. The molecule has 1 aromatic rings. The number of nitrogens with zero attached hydrogens (tertiary/aromatic N) is 2. The highest BCUT2D eigenvalue weighted by atomic mass is 19.4. The third-order valence-corrected chi connectivity index (χ3v) is 5.22. The zero-order chi connectivity index (χ0) is 18.2. The Labute approximate surface area is 143 Å². The van der Waals surface area contributed by atoms with Crippen LogP contribution in [0.4, 0.5) is 18.9 Å². The predicted octanol–water partition coefficient (Wildman–Crippen LogP) is 3.07. The van der Waals surface area contributed by atoms with E-state index in [2.05, 4.69) is 4.98 Å². The molecule has 1 saturated carbocycles. The van der Waals surface area contributed by atoms with Crippen molar-refractivity contribution in [3.8, 4) is 5.88 Å². The highest BCUT2D eigenvalue weighted by molar-refractivity contribution is 5.99. The lowest BCUT2D eigenvalue weighted by atomic mass is 9.72. The molecule has 138 valence electrons. The van der Waals surface area contributed by atoms with E-state index in [0.29, 0.717) is 37.9 Å². The highest BCUT2D eigenvalue weighted by Crippen LogP contribution is 2.46. The van der Waals surface area contributed by atoms with E-state index in [1.807, 2.05) is 0 Å². The standard InChI is InChI=1S/C17H21F3N2O3/c1-11(17(18,19)20)25-14-3-2-12(10-21-14)22-9-8-16(15(22)24)6-4-13(23)5-7-16/h2-3,10-11,13,23H,4-9H2,1H3/t11-,13?,16?/m1/s1. The fourth-order valence-corrected chi connectivity index (χ4v) is 3.54. The second-order valence-electron chi connectivity index (χ2n) is 6.87. The molecule has 2 aliphatic rings. The molecule has 3 rings (SSSR count). The van der Waals surface area contributed by atoms with Crippen LogP contribution in [-0.4, -0.2) is 40.9 Å². The van der Waals surface area contributed by atoms with Gasteiger partial charge >= 0.3 is 6.18 Å². The van der Waals surface area contributed by atoms with E-state index in [4.69, 9.17) is 4.74 Å². The lowest BCUT2D eigenvalue weighted by molar-refractivity contribution is -0.189. The zero-order valence-corrected chi connectivity index (χ0v) is 13.9. The number of hydrogen-bond acceptors (Lipinski definition) is 4. The monoisotopic (exact) mass is 358 g/mol. The van der Waals surface area contributed by atoms with Crippen molar-refractivity contribution in [1.29, 1.82) is 0 Å². The van der Waals surface area contributed by atoms with Gasteiger partial charge in [-0.05, 0) is 45.1 Å². The molecule has 0 unspecified atom stereocenters. The maximum Gasteiger partial charge on any atom is 0.425 e. The number of hydrogen-bond donors (Lipinski definition) is 1. The average Bonchev–Trinajstić information content (AvgIpc) is 2.87. The molecule has 1 amide bonds. The summed E-state index contributed by atoms with van der Waals surface area (Å²) in [5.41, 5.74) is 0.138. The Kier molecular flexibility index (Phi) is 4.66. The fourth-order valence-electron chi connectivity index (χ4n) is 3.54. The quantitative estimate of drug-likeness (QED) is 0.902. The Balaban J connectivity index is 1.68. The van der Waals surface area contributed by atoms with E-state index >= 15 is 0 Å². The van der Waals surface area contributed by atoms with Crippen molar-refractivity contribution >= 4 is 11.6 Å². The van der Waals surface area contributed by atoms with E-state index < -0.39 is 17.7 Å². The molecule has 0 radical (unpaired) electrons. The summed E-state index contributed by atoms with van der Waals surface area (Å²) < 4.78 is 42.3. The van der Waals surface area contributed by atoms with Gasteiger partial charge in [-0.2, -0.15) is 13.2 Å². The van der Waals surface area contributed by atoms with Crippen LogP contribution < -0.4 is 9.64 Å². The predicted molar refractivity (Wildman–Crippen MR) is 84.3 cm³/mol. The van der Waals surface area contributed by atoms with Crippen LogP contribution in [0.3, 0.4) is 0 Å². The van der Waals surface area contributed by atoms with Crippen molar-refractivity contribution in [3.63, 3.8) is 0 Å². The molecule has 25 heavy (non-hydrogen) atoms. The summed E-state index contributed by atoms with van der Waals surface area (Å²) in [6.45, 7) is 1.47. The number of aliphatic hydroxyl groups excluding tert-OH is 1. The van der Waals surface area contributed by atoms with Crippen LogP contribution in [0.2, 0.25) is 0 Å². The minimum Gasteiger partial charge on any atom is -0.465 e. The summed E-state index contributed by atoms with van der Waals surface area (Å²) in [4.78, 5) is 18.3. The molecule has 1 spiro atoms. The first-order valence-electron chi connectivity index (χ1n) is 8.41. The molecule has 8 heteroatoms. The SMILES string of the molecule is C[C@@H](Oc1ccc(N2CCC3(CCC(O)CC3)C2=O)cn1)C(F)(F)F. The lowest BCUT2D eigenvalue weighted by Gasteiger charge is -2.33.